The number of carbonyl (C=O) groups is 1. The fraction of sp³-hybridized carbons (Fsp3) is 0.429. The lowest BCUT2D eigenvalue weighted by atomic mass is 10.0. The van der Waals surface area contributed by atoms with Crippen molar-refractivity contribution in [3.8, 4) is 22.6 Å². The van der Waals surface area contributed by atoms with Gasteiger partial charge in [-0.15, -0.1) is 0 Å². The zero-order valence-electron chi connectivity index (χ0n) is 17.1. The van der Waals surface area contributed by atoms with Gasteiger partial charge in [0.2, 0.25) is 0 Å². The highest BCUT2D eigenvalue weighted by molar-refractivity contribution is 6.31. The van der Waals surface area contributed by atoms with E-state index in [1.54, 1.807) is 45.9 Å². The van der Waals surface area contributed by atoms with Crippen LogP contribution < -0.4 is 15.0 Å². The summed E-state index contributed by atoms with van der Waals surface area (Å²) in [5.41, 5.74) is -0.211. The van der Waals surface area contributed by atoms with Gasteiger partial charge in [-0.05, 0) is 45.9 Å². The molecule has 8 heteroatoms. The van der Waals surface area contributed by atoms with Crippen LogP contribution in [-0.2, 0) is 9.53 Å². The molecule has 1 atom stereocenters. The number of hydrogen-bond donors (Lipinski definition) is 0. The zero-order valence-corrected chi connectivity index (χ0v) is 17.9. The van der Waals surface area contributed by atoms with Gasteiger partial charge in [0.25, 0.3) is 5.56 Å². The smallest absolute Gasteiger partial charge is 0.329 e. The lowest BCUT2D eigenvalue weighted by molar-refractivity contribution is -0.158. The molecule has 1 aromatic heterocycles. The maximum absolute atomic E-state index is 12.8. The second kappa shape index (κ2) is 9.31. The van der Waals surface area contributed by atoms with Crippen molar-refractivity contribution >= 4 is 17.6 Å². The van der Waals surface area contributed by atoms with Gasteiger partial charge in [0.05, 0.1) is 13.3 Å². The Morgan fingerprint density at radius 2 is 1.86 bits per heavy atom. The van der Waals surface area contributed by atoms with E-state index >= 15 is 0 Å². The fourth-order valence-corrected chi connectivity index (χ4v) is 2.86. The summed E-state index contributed by atoms with van der Waals surface area (Å²) in [6, 6.07) is 5.28. The van der Waals surface area contributed by atoms with Crippen LogP contribution in [0.1, 0.15) is 33.7 Å². The molecule has 0 N–H and O–H groups in total. The van der Waals surface area contributed by atoms with E-state index in [2.05, 4.69) is 0 Å². The van der Waals surface area contributed by atoms with Gasteiger partial charge in [0.15, 0.2) is 0 Å². The molecular weight excluding hydrogens is 401 g/mol. The zero-order chi connectivity index (χ0) is 21.8. The van der Waals surface area contributed by atoms with Crippen molar-refractivity contribution in [2.24, 2.45) is 0 Å². The van der Waals surface area contributed by atoms with Crippen LogP contribution in [0.15, 0.2) is 35.3 Å². The number of nitrogens with zero attached hydrogens (tertiary/aromatic N) is 1. The van der Waals surface area contributed by atoms with Crippen LogP contribution in [0.3, 0.4) is 0 Å². The van der Waals surface area contributed by atoms with Crippen LogP contribution >= 0.6 is 11.6 Å². The molecule has 0 aliphatic rings. The number of ether oxygens (including phenoxy) is 3. The molecule has 0 amide bonds. The van der Waals surface area contributed by atoms with E-state index in [1.165, 1.54) is 23.9 Å². The van der Waals surface area contributed by atoms with Crippen LogP contribution in [0.25, 0.3) is 11.1 Å². The Kier molecular flexibility index (Phi) is 7.30. The molecule has 1 heterocycles. The standard InChI is InChI=1S/C21H25ClFNO5/c1-13(20(26)29-21(2,3)4)24-12-18(27-5)16(11-19(24)25)15-10-14(22)6-7-17(15)28-9-8-23/h6-7,10-13H,8-9H2,1-5H3. The van der Waals surface area contributed by atoms with Crippen LogP contribution in [0, 0.1) is 0 Å². The largest absolute Gasteiger partial charge is 0.495 e. The van der Waals surface area contributed by atoms with Crippen molar-refractivity contribution < 1.29 is 23.4 Å². The third-order valence-electron chi connectivity index (χ3n) is 4.00. The van der Waals surface area contributed by atoms with E-state index in [0.29, 0.717) is 27.6 Å². The first kappa shape index (κ1) is 22.7. The third kappa shape index (κ3) is 5.73. The molecule has 0 aliphatic heterocycles. The number of esters is 1. The molecule has 158 valence electrons. The van der Waals surface area contributed by atoms with Crippen LogP contribution in [-0.4, -0.2) is 36.5 Å². The molecule has 0 fully saturated rings. The molecule has 0 aliphatic carbocycles. The quantitative estimate of drug-likeness (QED) is 0.614. The van der Waals surface area contributed by atoms with Crippen LogP contribution in [0.2, 0.25) is 5.02 Å². The summed E-state index contributed by atoms with van der Waals surface area (Å²) < 4.78 is 30.0. The number of rotatable bonds is 7. The Hall–Kier alpha value is -2.54. The fourth-order valence-electron chi connectivity index (χ4n) is 2.69. The van der Waals surface area contributed by atoms with Crippen LogP contribution in [0.4, 0.5) is 4.39 Å². The van der Waals surface area contributed by atoms with Gasteiger partial charge in [-0.25, -0.2) is 9.18 Å². The van der Waals surface area contributed by atoms with E-state index in [9.17, 15) is 14.0 Å². The molecule has 0 saturated heterocycles. The molecular formula is C21H25ClFNO5. The minimum atomic E-state index is -0.855. The first-order valence-electron chi connectivity index (χ1n) is 9.09. The van der Waals surface area contributed by atoms with Crippen molar-refractivity contribution in [3.05, 3.63) is 45.8 Å². The lowest BCUT2D eigenvalue weighted by Crippen LogP contribution is -2.33. The van der Waals surface area contributed by atoms with E-state index < -0.39 is 29.8 Å². The number of hydrogen-bond acceptors (Lipinski definition) is 5. The highest BCUT2D eigenvalue weighted by atomic mass is 35.5. The van der Waals surface area contributed by atoms with Gasteiger partial charge in [-0.1, -0.05) is 11.6 Å². The SMILES string of the molecule is COc1cn(C(C)C(=O)OC(C)(C)C)c(=O)cc1-c1cc(Cl)ccc1OCCF. The van der Waals surface area contributed by atoms with Crippen molar-refractivity contribution in [2.45, 2.75) is 39.3 Å². The first-order valence-corrected chi connectivity index (χ1v) is 9.47. The average Bonchev–Trinajstić information content (AvgIpc) is 2.64. The van der Waals surface area contributed by atoms with E-state index in [1.807, 2.05) is 0 Å². The number of pyridine rings is 1. The summed E-state index contributed by atoms with van der Waals surface area (Å²) in [5.74, 6) is 0.152. The Bertz CT molecular complexity index is 936. The number of carbonyl (C=O) groups excluding carboxylic acids is 1. The van der Waals surface area contributed by atoms with Gasteiger partial charge in [-0.3, -0.25) is 9.36 Å². The molecule has 6 nitrogen and oxygen atoms in total. The van der Waals surface area contributed by atoms with Gasteiger partial charge in [0.1, 0.15) is 36.4 Å². The number of halogens is 2. The van der Waals surface area contributed by atoms with Gasteiger partial charge in [0, 0.05) is 22.2 Å². The highest BCUT2D eigenvalue weighted by Gasteiger charge is 2.25. The molecule has 1 aromatic carbocycles. The summed E-state index contributed by atoms with van der Waals surface area (Å²) >= 11 is 6.11. The summed E-state index contributed by atoms with van der Waals surface area (Å²) in [7, 11) is 1.44. The number of methoxy groups -OCH3 is 1. The molecule has 0 bridgehead atoms. The van der Waals surface area contributed by atoms with Crippen LogP contribution in [0.5, 0.6) is 11.5 Å². The second-order valence-electron chi connectivity index (χ2n) is 7.39. The Morgan fingerprint density at radius 3 is 2.45 bits per heavy atom. The minimum Gasteiger partial charge on any atom is -0.495 e. The summed E-state index contributed by atoms with van der Waals surface area (Å²) in [6.07, 6.45) is 1.44. The minimum absolute atomic E-state index is 0.135. The van der Waals surface area contributed by atoms with Crippen molar-refractivity contribution in [3.63, 3.8) is 0 Å². The van der Waals surface area contributed by atoms with E-state index in [4.69, 9.17) is 25.8 Å². The Labute approximate surface area is 174 Å². The molecule has 0 saturated carbocycles. The lowest BCUT2D eigenvalue weighted by Gasteiger charge is -2.24. The summed E-state index contributed by atoms with van der Waals surface area (Å²) in [4.78, 5) is 25.2. The van der Waals surface area contributed by atoms with Crippen molar-refractivity contribution in [2.75, 3.05) is 20.4 Å². The predicted molar refractivity (Wildman–Crippen MR) is 110 cm³/mol. The van der Waals surface area contributed by atoms with Gasteiger partial charge in [-0.2, -0.15) is 0 Å². The molecule has 2 rings (SSSR count). The molecule has 1 unspecified atom stereocenters. The van der Waals surface area contributed by atoms with Crippen molar-refractivity contribution in [1.82, 2.24) is 4.57 Å². The average molecular weight is 426 g/mol. The number of aromatic nitrogens is 1. The topological polar surface area (TPSA) is 66.8 Å². The predicted octanol–water partition coefficient (Wildman–Crippen LogP) is 4.43. The number of alkyl halides is 1. The van der Waals surface area contributed by atoms with Gasteiger partial charge >= 0.3 is 5.97 Å². The molecule has 29 heavy (non-hydrogen) atoms. The Balaban J connectivity index is 2.53. The highest BCUT2D eigenvalue weighted by Crippen LogP contribution is 2.37. The maximum atomic E-state index is 12.8. The third-order valence-corrected chi connectivity index (χ3v) is 4.23. The van der Waals surface area contributed by atoms with E-state index in [-0.39, 0.29) is 6.61 Å². The second-order valence-corrected chi connectivity index (χ2v) is 7.82. The molecule has 2 aromatic rings. The molecule has 0 spiro atoms. The molecule has 0 radical (unpaired) electrons. The summed E-state index contributed by atoms with van der Waals surface area (Å²) in [5, 5.41) is 0.418. The van der Waals surface area contributed by atoms with E-state index in [0.717, 1.165) is 0 Å². The normalized spacial score (nSPS) is 12.4. The monoisotopic (exact) mass is 425 g/mol. The van der Waals surface area contributed by atoms with Gasteiger partial charge < -0.3 is 14.2 Å². The van der Waals surface area contributed by atoms with Crippen molar-refractivity contribution in [1.29, 1.82) is 0 Å². The maximum Gasteiger partial charge on any atom is 0.329 e. The Morgan fingerprint density at radius 1 is 1.21 bits per heavy atom. The number of benzene rings is 1. The first-order chi connectivity index (χ1) is 13.6. The summed E-state index contributed by atoms with van der Waals surface area (Å²) in [6.45, 7) is 6.04.